The van der Waals surface area contributed by atoms with Crippen LogP contribution in [-0.2, 0) is 4.79 Å². The summed E-state index contributed by atoms with van der Waals surface area (Å²) in [4.78, 5) is 13.3. The third kappa shape index (κ3) is 3.47. The van der Waals surface area contributed by atoms with Crippen LogP contribution in [0.25, 0.3) is 0 Å². The molecular formula is C19H21FN2OS. The third-order valence-corrected chi connectivity index (χ3v) is 5.64. The number of hydrogen-bond donors (Lipinski definition) is 2. The van der Waals surface area contributed by atoms with Crippen molar-refractivity contribution in [1.82, 2.24) is 5.32 Å². The number of nitrogens with one attached hydrogen (secondary N) is 1. The van der Waals surface area contributed by atoms with Crippen molar-refractivity contribution in [3.63, 3.8) is 0 Å². The Kier molecular flexibility index (Phi) is 5.21. The molecule has 1 aliphatic heterocycles. The molecule has 0 aliphatic carbocycles. The fourth-order valence-corrected chi connectivity index (χ4v) is 4.11. The first kappa shape index (κ1) is 17.0. The van der Waals surface area contributed by atoms with Gasteiger partial charge in [0.1, 0.15) is 5.82 Å². The monoisotopic (exact) mass is 344 g/mol. The second-order valence-electron chi connectivity index (χ2n) is 6.08. The van der Waals surface area contributed by atoms with Crippen molar-refractivity contribution in [2.45, 2.75) is 30.3 Å². The molecule has 1 amide bonds. The average Bonchev–Trinajstić information content (AvgIpc) is 2.62. The lowest BCUT2D eigenvalue weighted by molar-refractivity contribution is -0.126. The summed E-state index contributed by atoms with van der Waals surface area (Å²) in [7, 11) is 0. The SMILES string of the molecule is CC(C(=O)NC1CCSc2c(F)cccc21)C(N)c1ccccc1. The summed E-state index contributed by atoms with van der Waals surface area (Å²) in [6.45, 7) is 1.83. The van der Waals surface area contributed by atoms with Crippen LogP contribution in [0.2, 0.25) is 0 Å². The van der Waals surface area contributed by atoms with Crippen molar-refractivity contribution < 1.29 is 9.18 Å². The number of rotatable bonds is 4. The van der Waals surface area contributed by atoms with Crippen LogP contribution in [0, 0.1) is 11.7 Å². The van der Waals surface area contributed by atoms with Crippen LogP contribution in [-0.4, -0.2) is 11.7 Å². The molecule has 3 nitrogen and oxygen atoms in total. The van der Waals surface area contributed by atoms with E-state index in [0.29, 0.717) is 4.90 Å². The van der Waals surface area contributed by atoms with Crippen LogP contribution in [0.3, 0.4) is 0 Å². The molecule has 0 bridgehead atoms. The van der Waals surface area contributed by atoms with Crippen LogP contribution in [0.5, 0.6) is 0 Å². The van der Waals surface area contributed by atoms with E-state index in [1.807, 2.05) is 43.3 Å². The molecule has 0 aromatic heterocycles. The zero-order valence-corrected chi connectivity index (χ0v) is 14.4. The fraction of sp³-hybridized carbons (Fsp3) is 0.316. The maximum atomic E-state index is 13.9. The predicted octanol–water partition coefficient (Wildman–Crippen LogP) is 3.81. The quantitative estimate of drug-likeness (QED) is 0.887. The number of nitrogens with two attached hydrogens (primary N) is 1. The number of halogens is 1. The Morgan fingerprint density at radius 2 is 2.00 bits per heavy atom. The molecule has 5 heteroatoms. The highest BCUT2D eigenvalue weighted by atomic mass is 32.2. The normalized spacial score (nSPS) is 19.2. The first-order valence-corrected chi connectivity index (χ1v) is 9.08. The van der Waals surface area contributed by atoms with Gasteiger partial charge in [-0.1, -0.05) is 49.4 Å². The standard InChI is InChI=1S/C19H21FN2OS/c1-12(17(21)13-6-3-2-4-7-13)19(23)22-16-10-11-24-18-14(16)8-5-9-15(18)20/h2-9,12,16-17H,10-11,21H2,1H3,(H,22,23). The zero-order chi connectivity index (χ0) is 17.1. The minimum atomic E-state index is -0.365. The molecule has 0 fully saturated rings. The Bertz CT molecular complexity index is 723. The van der Waals surface area contributed by atoms with Gasteiger partial charge in [-0.2, -0.15) is 0 Å². The molecule has 3 unspecified atom stereocenters. The largest absolute Gasteiger partial charge is 0.349 e. The molecule has 126 valence electrons. The van der Waals surface area contributed by atoms with Gasteiger partial charge < -0.3 is 11.1 Å². The topological polar surface area (TPSA) is 55.1 Å². The maximum Gasteiger partial charge on any atom is 0.225 e. The summed E-state index contributed by atoms with van der Waals surface area (Å²) in [5.41, 5.74) is 8.04. The van der Waals surface area contributed by atoms with Crippen LogP contribution in [0.15, 0.2) is 53.4 Å². The van der Waals surface area contributed by atoms with Crippen molar-refractivity contribution >= 4 is 17.7 Å². The summed E-state index contributed by atoms with van der Waals surface area (Å²) < 4.78 is 13.9. The van der Waals surface area contributed by atoms with Gasteiger partial charge in [0.2, 0.25) is 5.91 Å². The third-order valence-electron chi connectivity index (χ3n) is 4.48. The number of benzene rings is 2. The van der Waals surface area contributed by atoms with E-state index in [2.05, 4.69) is 5.32 Å². The second kappa shape index (κ2) is 7.36. The van der Waals surface area contributed by atoms with Gasteiger partial charge in [-0.25, -0.2) is 4.39 Å². The van der Waals surface area contributed by atoms with Crippen molar-refractivity contribution in [2.24, 2.45) is 11.7 Å². The number of carbonyl (C=O) groups excluding carboxylic acids is 1. The van der Waals surface area contributed by atoms with Crippen molar-refractivity contribution in [3.05, 3.63) is 65.5 Å². The van der Waals surface area contributed by atoms with E-state index in [0.717, 1.165) is 23.3 Å². The first-order valence-electron chi connectivity index (χ1n) is 8.10. The molecule has 0 radical (unpaired) electrons. The summed E-state index contributed by atoms with van der Waals surface area (Å²) >= 11 is 1.51. The van der Waals surface area contributed by atoms with Crippen molar-refractivity contribution in [3.8, 4) is 0 Å². The van der Waals surface area contributed by atoms with E-state index in [9.17, 15) is 9.18 Å². The van der Waals surface area contributed by atoms with Crippen LogP contribution < -0.4 is 11.1 Å². The van der Waals surface area contributed by atoms with Crippen molar-refractivity contribution in [2.75, 3.05) is 5.75 Å². The molecule has 1 heterocycles. The van der Waals surface area contributed by atoms with E-state index in [-0.39, 0.29) is 29.7 Å². The smallest absolute Gasteiger partial charge is 0.225 e. The highest BCUT2D eigenvalue weighted by molar-refractivity contribution is 7.99. The zero-order valence-electron chi connectivity index (χ0n) is 13.5. The highest BCUT2D eigenvalue weighted by Crippen LogP contribution is 2.38. The van der Waals surface area contributed by atoms with E-state index in [1.165, 1.54) is 17.8 Å². The van der Waals surface area contributed by atoms with E-state index < -0.39 is 0 Å². The Labute approximate surface area is 145 Å². The van der Waals surface area contributed by atoms with Gasteiger partial charge in [0, 0.05) is 16.7 Å². The second-order valence-corrected chi connectivity index (χ2v) is 7.19. The summed E-state index contributed by atoms with van der Waals surface area (Å²) in [6, 6.07) is 14.1. The van der Waals surface area contributed by atoms with Gasteiger partial charge in [0.15, 0.2) is 0 Å². The van der Waals surface area contributed by atoms with E-state index in [1.54, 1.807) is 6.07 Å². The Hall–Kier alpha value is -1.85. The number of amides is 1. The van der Waals surface area contributed by atoms with Crippen LogP contribution >= 0.6 is 11.8 Å². The van der Waals surface area contributed by atoms with Gasteiger partial charge in [-0.15, -0.1) is 11.8 Å². The Balaban J connectivity index is 1.73. The van der Waals surface area contributed by atoms with Crippen molar-refractivity contribution in [1.29, 1.82) is 0 Å². The number of thioether (sulfide) groups is 1. The molecule has 3 rings (SSSR count). The molecule has 0 saturated heterocycles. The average molecular weight is 344 g/mol. The van der Waals surface area contributed by atoms with Crippen LogP contribution in [0.4, 0.5) is 4.39 Å². The summed E-state index contributed by atoms with van der Waals surface area (Å²) in [6.07, 6.45) is 0.792. The first-order chi connectivity index (χ1) is 11.6. The lowest BCUT2D eigenvalue weighted by Crippen LogP contribution is -2.38. The van der Waals surface area contributed by atoms with Crippen LogP contribution in [0.1, 0.15) is 36.6 Å². The highest BCUT2D eigenvalue weighted by Gasteiger charge is 2.28. The molecule has 0 spiro atoms. The summed E-state index contributed by atoms with van der Waals surface area (Å²) in [5, 5.41) is 3.05. The number of fused-ring (bicyclic) bond motifs is 1. The van der Waals surface area contributed by atoms with Gasteiger partial charge in [0.25, 0.3) is 0 Å². The Morgan fingerprint density at radius 1 is 1.25 bits per heavy atom. The number of carbonyl (C=O) groups is 1. The molecule has 24 heavy (non-hydrogen) atoms. The van der Waals surface area contributed by atoms with Gasteiger partial charge in [-0.05, 0) is 23.6 Å². The van der Waals surface area contributed by atoms with Gasteiger partial charge >= 0.3 is 0 Å². The lowest BCUT2D eigenvalue weighted by Gasteiger charge is -2.28. The van der Waals surface area contributed by atoms with Gasteiger partial charge in [0.05, 0.1) is 12.0 Å². The molecule has 3 N–H and O–H groups in total. The molecule has 1 aliphatic rings. The fourth-order valence-electron chi connectivity index (χ4n) is 2.97. The molecular weight excluding hydrogens is 323 g/mol. The van der Waals surface area contributed by atoms with E-state index >= 15 is 0 Å². The van der Waals surface area contributed by atoms with Gasteiger partial charge in [-0.3, -0.25) is 4.79 Å². The molecule has 0 saturated carbocycles. The Morgan fingerprint density at radius 3 is 2.75 bits per heavy atom. The van der Waals surface area contributed by atoms with E-state index in [4.69, 9.17) is 5.73 Å². The maximum absolute atomic E-state index is 13.9. The molecule has 3 atom stereocenters. The summed E-state index contributed by atoms with van der Waals surface area (Å²) in [5.74, 6) is 0.112. The minimum Gasteiger partial charge on any atom is -0.349 e. The number of hydrogen-bond acceptors (Lipinski definition) is 3. The minimum absolute atomic E-state index is 0.0986. The molecule has 2 aromatic rings. The predicted molar refractivity (Wildman–Crippen MR) is 95.2 cm³/mol. The lowest BCUT2D eigenvalue weighted by atomic mass is 9.93. The molecule has 2 aromatic carbocycles.